The molecule has 0 radical (unpaired) electrons. The van der Waals surface area contributed by atoms with Gasteiger partial charge in [-0.25, -0.2) is 9.78 Å². The summed E-state index contributed by atoms with van der Waals surface area (Å²) in [6.45, 7) is 0.0264. The van der Waals surface area contributed by atoms with Gasteiger partial charge >= 0.3 is 5.97 Å². The quantitative estimate of drug-likeness (QED) is 0.494. The SMILES string of the molecule is CSc1ncccc1C(=O)OCc1cc(-c2ccc(Cl)cc2)on1. The first-order chi connectivity index (χ1) is 11.7. The van der Waals surface area contributed by atoms with E-state index in [4.69, 9.17) is 20.9 Å². The normalized spacial score (nSPS) is 10.6. The lowest BCUT2D eigenvalue weighted by Gasteiger charge is -2.05. The van der Waals surface area contributed by atoms with Crippen molar-refractivity contribution >= 4 is 29.3 Å². The Kier molecular flexibility index (Phi) is 5.17. The third-order valence-corrected chi connectivity index (χ3v) is 4.19. The van der Waals surface area contributed by atoms with Crippen molar-refractivity contribution in [2.24, 2.45) is 0 Å². The van der Waals surface area contributed by atoms with Crippen LogP contribution in [-0.4, -0.2) is 22.4 Å². The summed E-state index contributed by atoms with van der Waals surface area (Å²) in [6.07, 6.45) is 3.49. The van der Waals surface area contributed by atoms with Gasteiger partial charge < -0.3 is 9.26 Å². The van der Waals surface area contributed by atoms with Gasteiger partial charge in [0.25, 0.3) is 0 Å². The molecule has 0 unspecified atom stereocenters. The standard InChI is InChI=1S/C17H13ClN2O3S/c1-24-16-14(3-2-8-19-16)17(21)22-10-13-9-15(23-20-13)11-4-6-12(18)7-5-11/h2-9H,10H2,1H3. The van der Waals surface area contributed by atoms with Gasteiger partial charge in [0.15, 0.2) is 5.76 Å². The van der Waals surface area contributed by atoms with Gasteiger partial charge in [-0.3, -0.25) is 0 Å². The smallest absolute Gasteiger partial charge is 0.341 e. The second-order valence-corrected chi connectivity index (χ2v) is 6.06. The summed E-state index contributed by atoms with van der Waals surface area (Å²) in [7, 11) is 0. The number of thioether (sulfide) groups is 1. The monoisotopic (exact) mass is 360 g/mol. The molecule has 0 aliphatic heterocycles. The predicted octanol–water partition coefficient (Wildman–Crippen LogP) is 4.47. The second kappa shape index (κ2) is 7.51. The van der Waals surface area contributed by atoms with Crippen molar-refractivity contribution in [2.75, 3.05) is 6.26 Å². The summed E-state index contributed by atoms with van der Waals surface area (Å²) in [6, 6.07) is 12.3. The minimum absolute atomic E-state index is 0.0264. The first-order valence-electron chi connectivity index (χ1n) is 7.05. The maximum absolute atomic E-state index is 12.2. The van der Waals surface area contributed by atoms with E-state index in [9.17, 15) is 4.79 Å². The van der Waals surface area contributed by atoms with Crippen LogP contribution in [0.15, 0.2) is 58.2 Å². The lowest BCUT2D eigenvalue weighted by molar-refractivity contribution is 0.0459. The molecule has 5 nitrogen and oxygen atoms in total. The van der Waals surface area contributed by atoms with Gasteiger partial charge in [0.05, 0.1) is 5.56 Å². The average Bonchev–Trinajstić information content (AvgIpc) is 3.09. The number of aromatic nitrogens is 2. The molecule has 0 amide bonds. The molecule has 0 saturated carbocycles. The molecule has 2 heterocycles. The summed E-state index contributed by atoms with van der Waals surface area (Å²) in [5, 5.41) is 5.19. The van der Waals surface area contributed by atoms with Gasteiger partial charge in [0.1, 0.15) is 17.3 Å². The van der Waals surface area contributed by atoms with E-state index in [-0.39, 0.29) is 6.61 Å². The van der Waals surface area contributed by atoms with E-state index in [0.29, 0.717) is 27.1 Å². The Hall–Kier alpha value is -2.31. The fourth-order valence-corrected chi connectivity index (χ4v) is 2.72. The average molecular weight is 361 g/mol. The Morgan fingerprint density at radius 3 is 2.83 bits per heavy atom. The molecule has 0 bridgehead atoms. The molecule has 0 N–H and O–H groups in total. The molecule has 122 valence electrons. The summed E-state index contributed by atoms with van der Waals surface area (Å²) in [5.74, 6) is 0.146. The fourth-order valence-electron chi connectivity index (χ4n) is 2.06. The number of ether oxygens (including phenoxy) is 1. The van der Waals surface area contributed by atoms with Crippen LogP contribution in [0.5, 0.6) is 0 Å². The Bertz CT molecular complexity index is 849. The maximum Gasteiger partial charge on any atom is 0.341 e. The third-order valence-electron chi connectivity index (χ3n) is 3.22. The summed E-state index contributed by atoms with van der Waals surface area (Å²) < 4.78 is 10.6. The number of hydrogen-bond acceptors (Lipinski definition) is 6. The van der Waals surface area contributed by atoms with Crippen LogP contribution < -0.4 is 0 Å². The van der Waals surface area contributed by atoms with Crippen molar-refractivity contribution in [2.45, 2.75) is 11.6 Å². The first-order valence-corrected chi connectivity index (χ1v) is 8.65. The van der Waals surface area contributed by atoms with E-state index >= 15 is 0 Å². The number of carbonyl (C=O) groups is 1. The Morgan fingerprint density at radius 1 is 1.29 bits per heavy atom. The van der Waals surface area contributed by atoms with Gasteiger partial charge in [-0.05, 0) is 42.7 Å². The molecule has 7 heteroatoms. The molecule has 0 saturated heterocycles. The molecule has 0 fully saturated rings. The zero-order valence-corrected chi connectivity index (χ0v) is 14.3. The second-order valence-electron chi connectivity index (χ2n) is 4.83. The van der Waals surface area contributed by atoms with E-state index in [1.165, 1.54) is 11.8 Å². The van der Waals surface area contributed by atoms with Crippen LogP contribution in [0.4, 0.5) is 0 Å². The number of nitrogens with zero attached hydrogens (tertiary/aromatic N) is 2. The summed E-state index contributed by atoms with van der Waals surface area (Å²) in [4.78, 5) is 16.3. The highest BCUT2D eigenvalue weighted by atomic mass is 35.5. The minimum atomic E-state index is -0.441. The Labute approximate surface area is 148 Å². The highest BCUT2D eigenvalue weighted by Crippen LogP contribution is 2.23. The largest absolute Gasteiger partial charge is 0.455 e. The highest BCUT2D eigenvalue weighted by molar-refractivity contribution is 7.98. The van der Waals surface area contributed by atoms with Crippen molar-refractivity contribution < 1.29 is 14.1 Å². The first kappa shape index (κ1) is 16.5. The molecule has 2 aromatic heterocycles. The van der Waals surface area contributed by atoms with Gasteiger partial charge in [-0.1, -0.05) is 16.8 Å². The zero-order chi connectivity index (χ0) is 16.9. The number of esters is 1. The van der Waals surface area contributed by atoms with E-state index < -0.39 is 5.97 Å². The van der Waals surface area contributed by atoms with Gasteiger partial charge in [0.2, 0.25) is 0 Å². The van der Waals surface area contributed by atoms with E-state index in [1.54, 1.807) is 36.5 Å². The van der Waals surface area contributed by atoms with Gasteiger partial charge in [-0.2, -0.15) is 0 Å². The summed E-state index contributed by atoms with van der Waals surface area (Å²) >= 11 is 7.25. The molecule has 3 aromatic rings. The maximum atomic E-state index is 12.2. The van der Waals surface area contributed by atoms with Gasteiger partial charge in [0, 0.05) is 22.8 Å². The molecule has 3 rings (SSSR count). The fraction of sp³-hybridized carbons (Fsp3) is 0.118. The van der Waals surface area contributed by atoms with Crippen LogP contribution in [-0.2, 0) is 11.3 Å². The molecule has 0 spiro atoms. The number of halogens is 1. The Balaban J connectivity index is 1.67. The molecule has 0 aliphatic carbocycles. The minimum Gasteiger partial charge on any atom is -0.455 e. The van der Waals surface area contributed by atoms with Crippen molar-refractivity contribution in [3.8, 4) is 11.3 Å². The topological polar surface area (TPSA) is 65.2 Å². The van der Waals surface area contributed by atoms with Crippen molar-refractivity contribution in [1.29, 1.82) is 0 Å². The molecular weight excluding hydrogens is 348 g/mol. The highest BCUT2D eigenvalue weighted by Gasteiger charge is 2.14. The number of hydrogen-bond donors (Lipinski definition) is 0. The van der Waals surface area contributed by atoms with Crippen LogP contribution in [0.1, 0.15) is 16.1 Å². The number of benzene rings is 1. The van der Waals surface area contributed by atoms with E-state index in [1.807, 2.05) is 18.4 Å². The molecular formula is C17H13ClN2O3S. The van der Waals surface area contributed by atoms with Crippen LogP contribution in [0.25, 0.3) is 11.3 Å². The van der Waals surface area contributed by atoms with Crippen LogP contribution in [0.3, 0.4) is 0 Å². The van der Waals surface area contributed by atoms with Crippen molar-refractivity contribution in [3.63, 3.8) is 0 Å². The summed E-state index contributed by atoms with van der Waals surface area (Å²) in [5.41, 5.74) is 1.82. The van der Waals surface area contributed by atoms with Crippen molar-refractivity contribution in [1.82, 2.24) is 10.1 Å². The molecule has 1 aromatic carbocycles. The van der Waals surface area contributed by atoms with Crippen LogP contribution in [0, 0.1) is 0 Å². The van der Waals surface area contributed by atoms with E-state index in [2.05, 4.69) is 10.1 Å². The molecule has 0 aliphatic rings. The van der Waals surface area contributed by atoms with Crippen LogP contribution in [0.2, 0.25) is 5.02 Å². The van der Waals surface area contributed by atoms with E-state index in [0.717, 1.165) is 5.56 Å². The van der Waals surface area contributed by atoms with Crippen LogP contribution >= 0.6 is 23.4 Å². The number of rotatable bonds is 5. The van der Waals surface area contributed by atoms with Crippen molar-refractivity contribution in [3.05, 3.63) is 64.9 Å². The lowest BCUT2D eigenvalue weighted by atomic mass is 10.2. The lowest BCUT2D eigenvalue weighted by Crippen LogP contribution is -2.07. The third kappa shape index (κ3) is 3.77. The molecule has 24 heavy (non-hydrogen) atoms. The number of carbonyl (C=O) groups excluding carboxylic acids is 1. The Morgan fingerprint density at radius 2 is 2.08 bits per heavy atom. The zero-order valence-electron chi connectivity index (χ0n) is 12.7. The van der Waals surface area contributed by atoms with Gasteiger partial charge in [-0.15, -0.1) is 11.8 Å². The molecule has 0 atom stereocenters. The number of pyridine rings is 1. The predicted molar refractivity (Wildman–Crippen MR) is 92.1 cm³/mol.